The molecule has 0 aliphatic rings. The maximum absolute atomic E-state index is 13.6. The highest BCUT2D eigenvalue weighted by atomic mass is 32.2. The number of thiazole rings is 1. The lowest BCUT2D eigenvalue weighted by atomic mass is 10.1. The van der Waals surface area contributed by atoms with Crippen LogP contribution in [0.2, 0.25) is 0 Å². The van der Waals surface area contributed by atoms with Gasteiger partial charge in [0.1, 0.15) is 12.4 Å². The Hall–Kier alpha value is -2.45. The van der Waals surface area contributed by atoms with E-state index in [1.54, 1.807) is 29.3 Å². The Morgan fingerprint density at radius 2 is 1.93 bits per heavy atom. The minimum atomic E-state index is -0.436. The Balaban J connectivity index is 1.90. The lowest BCUT2D eigenvalue weighted by Crippen LogP contribution is -2.23. The lowest BCUT2D eigenvalue weighted by Gasteiger charge is -2.05. The number of esters is 1. The van der Waals surface area contributed by atoms with Crippen LogP contribution in [0.15, 0.2) is 52.4 Å². The summed E-state index contributed by atoms with van der Waals surface area (Å²) in [6.07, 6.45) is 0.152. The second-order valence-electron chi connectivity index (χ2n) is 6.15. The van der Waals surface area contributed by atoms with Gasteiger partial charge in [-0.1, -0.05) is 30.4 Å². The summed E-state index contributed by atoms with van der Waals surface area (Å²) in [6, 6.07) is 12.1. The van der Waals surface area contributed by atoms with Crippen LogP contribution in [0.5, 0.6) is 0 Å². The fourth-order valence-electron chi connectivity index (χ4n) is 2.81. The highest BCUT2D eigenvalue weighted by Crippen LogP contribution is 2.20. The first kappa shape index (κ1) is 21.3. The molecule has 0 radical (unpaired) electrons. The Kier molecular flexibility index (Phi) is 7.22. The summed E-state index contributed by atoms with van der Waals surface area (Å²) in [7, 11) is 0. The third kappa shape index (κ3) is 5.55. The largest absolute Gasteiger partial charge is 0.465 e. The molecule has 0 aliphatic heterocycles. The van der Waals surface area contributed by atoms with Crippen molar-refractivity contribution in [1.29, 1.82) is 0 Å². The van der Waals surface area contributed by atoms with Crippen molar-refractivity contribution in [2.24, 2.45) is 4.99 Å². The third-order valence-corrected chi connectivity index (χ3v) is 5.98. The highest BCUT2D eigenvalue weighted by molar-refractivity contribution is 7.99. The smallest absolute Gasteiger partial charge is 0.326 e. The van der Waals surface area contributed by atoms with Crippen LogP contribution < -0.4 is 4.80 Å². The number of carbonyl (C=O) groups excluding carboxylic acids is 2. The van der Waals surface area contributed by atoms with Crippen LogP contribution in [0, 0.1) is 5.82 Å². The van der Waals surface area contributed by atoms with Crippen LogP contribution in [0.3, 0.4) is 0 Å². The summed E-state index contributed by atoms with van der Waals surface area (Å²) >= 11 is 2.91. The second kappa shape index (κ2) is 9.84. The molecule has 29 heavy (non-hydrogen) atoms. The zero-order chi connectivity index (χ0) is 20.8. The molecule has 3 aromatic rings. The van der Waals surface area contributed by atoms with E-state index in [1.807, 2.05) is 24.3 Å². The van der Waals surface area contributed by atoms with Crippen molar-refractivity contribution < 1.29 is 18.7 Å². The van der Waals surface area contributed by atoms with Gasteiger partial charge in [-0.3, -0.25) is 9.59 Å². The number of fused-ring (bicyclic) bond motifs is 1. The molecule has 5 nitrogen and oxygen atoms in total. The molecule has 0 atom stereocenters. The molecule has 0 unspecified atom stereocenters. The molecule has 0 fully saturated rings. The molecule has 0 bridgehead atoms. The van der Waals surface area contributed by atoms with E-state index in [-0.39, 0.29) is 31.3 Å². The van der Waals surface area contributed by atoms with Crippen LogP contribution in [0.25, 0.3) is 10.2 Å². The van der Waals surface area contributed by atoms with Crippen molar-refractivity contribution in [2.75, 3.05) is 12.4 Å². The van der Waals surface area contributed by atoms with Gasteiger partial charge < -0.3 is 9.30 Å². The molecule has 8 heteroatoms. The number of rotatable bonds is 7. The number of hydrogen-bond acceptors (Lipinski definition) is 5. The molecule has 1 amide bonds. The van der Waals surface area contributed by atoms with Gasteiger partial charge in [0.15, 0.2) is 4.80 Å². The Labute approximate surface area is 176 Å². The number of amides is 1. The summed E-state index contributed by atoms with van der Waals surface area (Å²) in [5.74, 6) is -0.162. The molecule has 0 spiro atoms. The number of benzene rings is 2. The molecule has 1 aromatic heterocycles. The molecule has 152 valence electrons. The van der Waals surface area contributed by atoms with Gasteiger partial charge in [0.25, 0.3) is 5.91 Å². The average molecular weight is 433 g/mol. The van der Waals surface area contributed by atoms with Crippen molar-refractivity contribution in [3.63, 3.8) is 0 Å². The van der Waals surface area contributed by atoms with E-state index in [0.29, 0.717) is 15.0 Å². The Morgan fingerprint density at radius 3 is 2.62 bits per heavy atom. The molecule has 3 rings (SSSR count). The van der Waals surface area contributed by atoms with Gasteiger partial charge in [-0.15, -0.1) is 11.8 Å². The standard InChI is InChI=1S/C21H21FN2O3S2/c1-3-27-20(26)13-24-17-10-7-15(22)12-18(17)29-21(24)23-19(25)11-14-5-8-16(9-6-14)28-4-2/h5-10,12H,3-4,11,13H2,1-2H3. The summed E-state index contributed by atoms with van der Waals surface area (Å²) in [5.41, 5.74) is 1.50. The first-order chi connectivity index (χ1) is 14.0. The summed E-state index contributed by atoms with van der Waals surface area (Å²) in [5, 5.41) is 0. The fourth-order valence-corrected chi connectivity index (χ4v) is 4.55. The SMILES string of the molecule is CCOC(=O)Cn1c(=NC(=O)Cc2ccc(SCC)cc2)sc2cc(F)ccc21. The summed E-state index contributed by atoms with van der Waals surface area (Å²) in [6.45, 7) is 3.98. The van der Waals surface area contributed by atoms with Crippen LogP contribution in [0.4, 0.5) is 4.39 Å². The zero-order valence-corrected chi connectivity index (χ0v) is 17.8. The van der Waals surface area contributed by atoms with E-state index in [9.17, 15) is 14.0 Å². The molecule has 0 saturated heterocycles. The van der Waals surface area contributed by atoms with Gasteiger partial charge in [0.05, 0.1) is 23.2 Å². The molecule has 0 aliphatic carbocycles. The Morgan fingerprint density at radius 1 is 1.17 bits per heavy atom. The number of halogens is 1. The normalized spacial score (nSPS) is 11.8. The van der Waals surface area contributed by atoms with E-state index in [2.05, 4.69) is 11.9 Å². The number of nitrogens with zero attached hydrogens (tertiary/aromatic N) is 2. The highest BCUT2D eigenvalue weighted by Gasteiger charge is 2.13. The predicted molar refractivity (Wildman–Crippen MR) is 114 cm³/mol. The molecule has 0 N–H and O–H groups in total. The minimum Gasteiger partial charge on any atom is -0.465 e. The van der Waals surface area contributed by atoms with Gasteiger partial charge in [-0.25, -0.2) is 4.39 Å². The number of thioether (sulfide) groups is 1. The van der Waals surface area contributed by atoms with Crippen molar-refractivity contribution in [3.8, 4) is 0 Å². The van der Waals surface area contributed by atoms with E-state index >= 15 is 0 Å². The van der Waals surface area contributed by atoms with Gasteiger partial charge in [0, 0.05) is 4.90 Å². The van der Waals surface area contributed by atoms with Crippen molar-refractivity contribution >= 4 is 45.2 Å². The van der Waals surface area contributed by atoms with Crippen LogP contribution in [0.1, 0.15) is 19.4 Å². The monoisotopic (exact) mass is 432 g/mol. The van der Waals surface area contributed by atoms with E-state index < -0.39 is 5.97 Å². The first-order valence-corrected chi connectivity index (χ1v) is 11.0. The number of hydrogen-bond donors (Lipinski definition) is 0. The first-order valence-electron chi connectivity index (χ1n) is 9.24. The third-order valence-electron chi connectivity index (χ3n) is 4.05. The van der Waals surface area contributed by atoms with E-state index in [1.165, 1.54) is 23.5 Å². The molecular weight excluding hydrogens is 411 g/mol. The second-order valence-corrected chi connectivity index (χ2v) is 8.49. The predicted octanol–water partition coefficient (Wildman–Crippen LogP) is 4.19. The maximum atomic E-state index is 13.6. The molecular formula is C21H21FN2O3S2. The lowest BCUT2D eigenvalue weighted by molar-refractivity contribution is -0.143. The van der Waals surface area contributed by atoms with Crippen molar-refractivity contribution in [1.82, 2.24) is 4.57 Å². The number of ether oxygens (including phenoxy) is 1. The van der Waals surface area contributed by atoms with Crippen molar-refractivity contribution in [2.45, 2.75) is 31.7 Å². The molecule has 1 heterocycles. The van der Waals surface area contributed by atoms with Crippen LogP contribution in [-0.4, -0.2) is 28.8 Å². The number of carbonyl (C=O) groups is 2. The zero-order valence-electron chi connectivity index (χ0n) is 16.2. The number of aromatic nitrogens is 1. The Bertz CT molecular complexity index is 1090. The quantitative estimate of drug-likeness (QED) is 0.415. The molecule has 2 aromatic carbocycles. The van der Waals surface area contributed by atoms with Gasteiger partial charge in [-0.05, 0) is 48.6 Å². The van der Waals surface area contributed by atoms with Crippen LogP contribution >= 0.6 is 23.1 Å². The van der Waals surface area contributed by atoms with E-state index in [0.717, 1.165) is 16.2 Å². The minimum absolute atomic E-state index is 0.0888. The van der Waals surface area contributed by atoms with Gasteiger partial charge >= 0.3 is 5.97 Å². The average Bonchev–Trinajstić information content (AvgIpc) is 2.99. The van der Waals surface area contributed by atoms with Gasteiger partial charge in [0.2, 0.25) is 0 Å². The molecule has 0 saturated carbocycles. The summed E-state index contributed by atoms with van der Waals surface area (Å²) < 4.78 is 20.8. The maximum Gasteiger partial charge on any atom is 0.326 e. The van der Waals surface area contributed by atoms with E-state index in [4.69, 9.17) is 4.74 Å². The topological polar surface area (TPSA) is 60.7 Å². The van der Waals surface area contributed by atoms with Crippen LogP contribution in [-0.2, 0) is 27.3 Å². The summed E-state index contributed by atoms with van der Waals surface area (Å²) in [4.78, 5) is 30.2. The van der Waals surface area contributed by atoms with Gasteiger partial charge in [-0.2, -0.15) is 4.99 Å². The fraction of sp³-hybridized carbons (Fsp3) is 0.286. The van der Waals surface area contributed by atoms with Crippen molar-refractivity contribution in [3.05, 3.63) is 58.6 Å².